The average molecular weight is 286 g/mol. The molecule has 0 aliphatic carbocycles. The maximum Gasteiger partial charge on any atom is 0.255 e. The summed E-state index contributed by atoms with van der Waals surface area (Å²) in [5.74, 6) is -0.0554. The number of benzene rings is 1. The summed E-state index contributed by atoms with van der Waals surface area (Å²) in [7, 11) is 3.44. The molecule has 15 heavy (non-hydrogen) atoms. The van der Waals surface area contributed by atoms with E-state index >= 15 is 0 Å². The van der Waals surface area contributed by atoms with Crippen LogP contribution in [0.1, 0.15) is 10.4 Å². The van der Waals surface area contributed by atoms with Gasteiger partial charge in [-0.25, -0.2) is 0 Å². The zero-order chi connectivity index (χ0) is 11.0. The molecule has 1 amide bonds. The molecular weight excluding hydrogens is 278 g/mol. The van der Waals surface area contributed by atoms with Crippen molar-refractivity contribution in [3.63, 3.8) is 0 Å². The van der Waals surface area contributed by atoms with E-state index in [1.54, 1.807) is 20.2 Å². The van der Waals surface area contributed by atoms with Gasteiger partial charge in [0.1, 0.15) is 11.0 Å². The number of aromatic nitrogens is 2. The van der Waals surface area contributed by atoms with Crippen LogP contribution in [0.3, 0.4) is 0 Å². The van der Waals surface area contributed by atoms with Crippen LogP contribution < -0.4 is 0 Å². The Morgan fingerprint density at radius 2 is 2.00 bits per heavy atom. The van der Waals surface area contributed by atoms with Crippen LogP contribution in [0.15, 0.2) is 16.6 Å². The van der Waals surface area contributed by atoms with Crippen LogP contribution >= 0.6 is 27.7 Å². The normalized spacial score (nSPS) is 10.6. The van der Waals surface area contributed by atoms with Crippen molar-refractivity contribution < 1.29 is 4.79 Å². The summed E-state index contributed by atoms with van der Waals surface area (Å²) in [5.41, 5.74) is 1.99. The van der Waals surface area contributed by atoms with E-state index in [-0.39, 0.29) is 5.91 Å². The van der Waals surface area contributed by atoms with E-state index in [1.807, 2.05) is 6.07 Å². The fourth-order valence-corrected chi connectivity index (χ4v) is 2.35. The van der Waals surface area contributed by atoms with E-state index in [1.165, 1.54) is 4.90 Å². The largest absolute Gasteiger partial charge is 0.345 e. The van der Waals surface area contributed by atoms with E-state index in [9.17, 15) is 4.79 Å². The summed E-state index contributed by atoms with van der Waals surface area (Å²) in [5, 5.41) is 0. The van der Waals surface area contributed by atoms with Gasteiger partial charge in [-0.2, -0.15) is 8.75 Å². The highest BCUT2D eigenvalue weighted by atomic mass is 79.9. The summed E-state index contributed by atoms with van der Waals surface area (Å²) in [4.78, 5) is 13.3. The molecule has 1 aromatic heterocycles. The number of carbonyl (C=O) groups excluding carboxylic acids is 1. The third kappa shape index (κ3) is 1.74. The van der Waals surface area contributed by atoms with E-state index in [0.29, 0.717) is 11.1 Å². The number of rotatable bonds is 1. The molecule has 0 atom stereocenters. The van der Waals surface area contributed by atoms with Crippen molar-refractivity contribution in [2.45, 2.75) is 0 Å². The molecule has 0 unspecified atom stereocenters. The van der Waals surface area contributed by atoms with Gasteiger partial charge in [-0.15, -0.1) is 0 Å². The first-order valence-corrected chi connectivity index (χ1v) is 5.76. The zero-order valence-electron chi connectivity index (χ0n) is 8.19. The molecule has 0 saturated heterocycles. The standard InChI is InChI=1S/C9H8BrN3OS/c1-13(2)9(14)5-3-4-6(10)8-7(5)11-15-12-8/h3-4H,1-2H3. The van der Waals surface area contributed by atoms with Crippen LogP contribution in [-0.4, -0.2) is 33.6 Å². The third-order valence-corrected chi connectivity index (χ3v) is 3.17. The number of nitrogens with zero attached hydrogens (tertiary/aromatic N) is 3. The predicted molar refractivity (Wildman–Crippen MR) is 63.1 cm³/mol. The SMILES string of the molecule is CN(C)C(=O)c1ccc(Br)c2nsnc12. The van der Waals surface area contributed by atoms with E-state index in [2.05, 4.69) is 24.7 Å². The summed E-state index contributed by atoms with van der Waals surface area (Å²) in [6.07, 6.45) is 0. The third-order valence-electron chi connectivity index (χ3n) is 2.00. The first-order valence-electron chi connectivity index (χ1n) is 4.23. The Labute approximate surface area is 99.4 Å². The lowest BCUT2D eigenvalue weighted by Gasteiger charge is -2.10. The van der Waals surface area contributed by atoms with Gasteiger partial charge in [0.05, 0.1) is 17.3 Å². The second-order valence-corrected chi connectivity index (χ2v) is 4.64. The molecule has 2 rings (SSSR count). The van der Waals surface area contributed by atoms with Gasteiger partial charge in [0, 0.05) is 18.6 Å². The number of fused-ring (bicyclic) bond motifs is 1. The van der Waals surface area contributed by atoms with Crippen molar-refractivity contribution in [3.05, 3.63) is 22.2 Å². The Morgan fingerprint density at radius 3 is 2.67 bits per heavy atom. The Morgan fingerprint density at radius 1 is 1.33 bits per heavy atom. The van der Waals surface area contributed by atoms with Crippen LogP contribution in [0.4, 0.5) is 0 Å². The predicted octanol–water partition coefficient (Wildman–Crippen LogP) is 2.16. The highest BCUT2D eigenvalue weighted by Gasteiger charge is 2.16. The Balaban J connectivity index is 2.67. The minimum atomic E-state index is -0.0554. The molecule has 0 N–H and O–H groups in total. The van der Waals surface area contributed by atoms with E-state index < -0.39 is 0 Å². The number of carbonyl (C=O) groups is 1. The molecule has 0 saturated carbocycles. The maximum absolute atomic E-state index is 11.8. The number of hydrogen-bond donors (Lipinski definition) is 0. The molecule has 1 aromatic carbocycles. The topological polar surface area (TPSA) is 46.1 Å². The van der Waals surface area contributed by atoms with Crippen LogP contribution in [-0.2, 0) is 0 Å². The minimum absolute atomic E-state index is 0.0554. The summed E-state index contributed by atoms with van der Waals surface area (Å²) in [6, 6.07) is 3.58. The number of halogens is 1. The van der Waals surface area contributed by atoms with Gasteiger partial charge >= 0.3 is 0 Å². The van der Waals surface area contributed by atoms with E-state index in [4.69, 9.17) is 0 Å². The molecule has 0 bridgehead atoms. The van der Waals surface area contributed by atoms with Gasteiger partial charge < -0.3 is 4.90 Å². The molecule has 78 valence electrons. The van der Waals surface area contributed by atoms with Crippen molar-refractivity contribution in [2.75, 3.05) is 14.1 Å². The molecule has 4 nitrogen and oxygen atoms in total. The number of hydrogen-bond acceptors (Lipinski definition) is 4. The fraction of sp³-hybridized carbons (Fsp3) is 0.222. The highest BCUT2D eigenvalue weighted by Crippen LogP contribution is 2.25. The highest BCUT2D eigenvalue weighted by molar-refractivity contribution is 9.10. The van der Waals surface area contributed by atoms with Crippen LogP contribution in [0.25, 0.3) is 11.0 Å². The molecule has 1 heterocycles. The average Bonchev–Trinajstić information content (AvgIpc) is 2.66. The van der Waals surface area contributed by atoms with Gasteiger partial charge in [0.2, 0.25) is 0 Å². The van der Waals surface area contributed by atoms with Crippen molar-refractivity contribution in [3.8, 4) is 0 Å². The first kappa shape index (κ1) is 10.5. The smallest absolute Gasteiger partial charge is 0.255 e. The van der Waals surface area contributed by atoms with Crippen molar-refractivity contribution in [2.24, 2.45) is 0 Å². The van der Waals surface area contributed by atoms with Crippen LogP contribution in [0.2, 0.25) is 0 Å². The van der Waals surface area contributed by atoms with Gasteiger partial charge in [-0.05, 0) is 28.1 Å². The second-order valence-electron chi connectivity index (χ2n) is 3.26. The zero-order valence-corrected chi connectivity index (χ0v) is 10.6. The van der Waals surface area contributed by atoms with Gasteiger partial charge in [-0.3, -0.25) is 4.79 Å². The van der Waals surface area contributed by atoms with Crippen LogP contribution in [0, 0.1) is 0 Å². The second kappa shape index (κ2) is 3.86. The van der Waals surface area contributed by atoms with Crippen molar-refractivity contribution in [1.82, 2.24) is 13.6 Å². The molecule has 0 fully saturated rings. The Kier molecular flexibility index (Phi) is 2.70. The molecule has 0 radical (unpaired) electrons. The van der Waals surface area contributed by atoms with E-state index in [0.717, 1.165) is 21.7 Å². The molecule has 2 aromatic rings. The first-order chi connectivity index (χ1) is 7.11. The quantitative estimate of drug-likeness (QED) is 0.807. The molecule has 0 spiro atoms. The molecular formula is C9H8BrN3OS. The summed E-state index contributed by atoms with van der Waals surface area (Å²) < 4.78 is 9.13. The van der Waals surface area contributed by atoms with Gasteiger partial charge in [-0.1, -0.05) is 0 Å². The molecule has 0 aliphatic heterocycles. The minimum Gasteiger partial charge on any atom is -0.345 e. The van der Waals surface area contributed by atoms with Crippen LogP contribution in [0.5, 0.6) is 0 Å². The fourth-order valence-electron chi connectivity index (χ4n) is 1.25. The maximum atomic E-state index is 11.8. The monoisotopic (exact) mass is 285 g/mol. The van der Waals surface area contributed by atoms with Gasteiger partial charge in [0.25, 0.3) is 5.91 Å². The number of amides is 1. The van der Waals surface area contributed by atoms with Gasteiger partial charge in [0.15, 0.2) is 0 Å². The lowest BCUT2D eigenvalue weighted by molar-refractivity contribution is 0.0829. The van der Waals surface area contributed by atoms with Crippen molar-refractivity contribution >= 4 is 44.6 Å². The summed E-state index contributed by atoms with van der Waals surface area (Å²) >= 11 is 4.49. The Hall–Kier alpha value is -1.01. The molecule has 0 aliphatic rings. The molecule has 6 heteroatoms. The lowest BCUT2D eigenvalue weighted by Crippen LogP contribution is -2.21. The Bertz CT molecular complexity index is 523. The van der Waals surface area contributed by atoms with Crippen molar-refractivity contribution in [1.29, 1.82) is 0 Å². The summed E-state index contributed by atoms with van der Waals surface area (Å²) in [6.45, 7) is 0. The lowest BCUT2D eigenvalue weighted by atomic mass is 10.1.